The van der Waals surface area contributed by atoms with Gasteiger partial charge >= 0.3 is 0 Å². The SMILES string of the molecule is Cc1cn(C(C)c2c(F)c(Cl)c(-c3cn4cc(NC(=O)C5CC5F)nc4cn3)c3cn[nH]c23)cn1. The molecule has 3 atom stereocenters. The fraction of sp³-hybridized carbons (Fsp3) is 0.261. The first-order valence-corrected chi connectivity index (χ1v) is 11.3. The number of hydrogen-bond acceptors (Lipinski definition) is 5. The average Bonchev–Trinajstić information content (AvgIpc) is 3.19. The van der Waals surface area contributed by atoms with E-state index in [4.69, 9.17) is 11.6 Å². The van der Waals surface area contributed by atoms with Crippen LogP contribution in [0.5, 0.6) is 0 Å². The number of halogens is 3. The number of hydrogen-bond donors (Lipinski definition) is 2. The number of H-pyrrole nitrogens is 1. The van der Waals surface area contributed by atoms with Gasteiger partial charge in [0.25, 0.3) is 0 Å². The highest BCUT2D eigenvalue weighted by molar-refractivity contribution is 6.35. The fourth-order valence-electron chi connectivity index (χ4n) is 4.32. The van der Waals surface area contributed by atoms with Crippen molar-refractivity contribution in [1.82, 2.24) is 34.1 Å². The number of aryl methyl sites for hydroxylation is 1. The molecule has 178 valence electrons. The highest BCUT2D eigenvalue weighted by Crippen LogP contribution is 2.41. The van der Waals surface area contributed by atoms with Crippen molar-refractivity contribution in [3.05, 3.63) is 59.4 Å². The van der Waals surface area contributed by atoms with Crippen LogP contribution >= 0.6 is 11.6 Å². The lowest BCUT2D eigenvalue weighted by Gasteiger charge is -2.18. The lowest BCUT2D eigenvalue weighted by molar-refractivity contribution is -0.117. The molecule has 3 unspecified atom stereocenters. The highest BCUT2D eigenvalue weighted by Gasteiger charge is 2.43. The van der Waals surface area contributed by atoms with Crippen LogP contribution in [0.15, 0.2) is 37.3 Å². The maximum Gasteiger partial charge on any atom is 0.231 e. The number of carbonyl (C=O) groups excluding carboxylic acids is 1. The molecule has 0 aliphatic heterocycles. The second-order valence-corrected chi connectivity index (χ2v) is 9.10. The Hall–Kier alpha value is -3.86. The average molecular weight is 497 g/mol. The van der Waals surface area contributed by atoms with E-state index < -0.39 is 29.9 Å². The van der Waals surface area contributed by atoms with Gasteiger partial charge in [0.1, 0.15) is 12.0 Å². The van der Waals surface area contributed by atoms with E-state index in [-0.39, 0.29) is 17.3 Å². The number of nitrogens with one attached hydrogen (secondary N) is 2. The van der Waals surface area contributed by atoms with Crippen molar-refractivity contribution in [2.45, 2.75) is 32.5 Å². The summed E-state index contributed by atoms with van der Waals surface area (Å²) in [6.45, 7) is 3.72. The van der Waals surface area contributed by atoms with Crippen LogP contribution in [0.4, 0.5) is 14.6 Å². The monoisotopic (exact) mass is 496 g/mol. The van der Waals surface area contributed by atoms with E-state index in [0.29, 0.717) is 33.4 Å². The van der Waals surface area contributed by atoms with E-state index in [9.17, 15) is 9.18 Å². The molecular formula is C23H19ClF2N8O. The third-order valence-electron chi connectivity index (χ3n) is 6.32. The number of anilines is 1. The first-order valence-electron chi connectivity index (χ1n) is 11.0. The Labute approximate surface area is 202 Å². The Bertz CT molecular complexity index is 1620. The van der Waals surface area contributed by atoms with Crippen LogP contribution in [0.2, 0.25) is 5.02 Å². The molecule has 9 nitrogen and oxygen atoms in total. The molecule has 0 radical (unpaired) electrons. The highest BCUT2D eigenvalue weighted by atomic mass is 35.5. The van der Waals surface area contributed by atoms with Gasteiger partial charge in [-0.25, -0.2) is 18.7 Å². The zero-order valence-corrected chi connectivity index (χ0v) is 19.4. The minimum Gasteiger partial charge on any atom is -0.330 e. The van der Waals surface area contributed by atoms with Crippen LogP contribution in [0.3, 0.4) is 0 Å². The molecule has 1 aliphatic carbocycles. The van der Waals surface area contributed by atoms with Gasteiger partial charge in [-0.05, 0) is 20.3 Å². The van der Waals surface area contributed by atoms with Gasteiger partial charge in [-0.3, -0.25) is 14.9 Å². The van der Waals surface area contributed by atoms with Crippen LogP contribution in [0.1, 0.15) is 30.6 Å². The van der Waals surface area contributed by atoms with E-state index in [0.717, 1.165) is 5.69 Å². The number of fused-ring (bicyclic) bond motifs is 2. The zero-order chi connectivity index (χ0) is 24.4. The number of imidazole rings is 2. The summed E-state index contributed by atoms with van der Waals surface area (Å²) in [7, 11) is 0. The molecule has 1 fully saturated rings. The zero-order valence-electron chi connectivity index (χ0n) is 18.6. The van der Waals surface area contributed by atoms with Gasteiger partial charge in [-0.1, -0.05) is 11.6 Å². The van der Waals surface area contributed by atoms with Crippen LogP contribution in [0.25, 0.3) is 27.8 Å². The van der Waals surface area contributed by atoms with Crippen molar-refractivity contribution in [3.8, 4) is 11.3 Å². The number of aromatic amines is 1. The van der Waals surface area contributed by atoms with E-state index in [1.807, 2.05) is 24.6 Å². The molecule has 0 bridgehead atoms. The van der Waals surface area contributed by atoms with Crippen LogP contribution in [-0.2, 0) is 4.79 Å². The molecule has 1 saturated carbocycles. The van der Waals surface area contributed by atoms with Crippen molar-refractivity contribution < 1.29 is 13.6 Å². The Morgan fingerprint density at radius 1 is 1.29 bits per heavy atom. The summed E-state index contributed by atoms with van der Waals surface area (Å²) < 4.78 is 32.4. The Morgan fingerprint density at radius 2 is 2.09 bits per heavy atom. The number of alkyl halides is 1. The topological polar surface area (TPSA) is 106 Å². The third-order valence-corrected chi connectivity index (χ3v) is 6.68. The summed E-state index contributed by atoms with van der Waals surface area (Å²) in [5, 5.41) is 10.2. The van der Waals surface area contributed by atoms with Crippen LogP contribution in [-0.4, -0.2) is 46.2 Å². The fourth-order valence-corrected chi connectivity index (χ4v) is 4.62. The van der Waals surface area contributed by atoms with Crippen molar-refractivity contribution in [2.24, 2.45) is 5.92 Å². The lowest BCUT2D eigenvalue weighted by atomic mass is 9.98. The molecule has 4 heterocycles. The number of benzene rings is 1. The van der Waals surface area contributed by atoms with Gasteiger partial charge in [0.15, 0.2) is 11.5 Å². The van der Waals surface area contributed by atoms with Gasteiger partial charge in [0.05, 0.1) is 58.8 Å². The maximum absolute atomic E-state index is 15.7. The predicted octanol–water partition coefficient (Wildman–Crippen LogP) is 4.48. The van der Waals surface area contributed by atoms with Gasteiger partial charge in [-0.2, -0.15) is 5.10 Å². The standard InChI is InChI=1S/C23H19ClF2N8O/c1-10-6-34(9-28-10)11(2)18-21(26)20(24)19(13-4-29-32-22(13)18)15-7-33-8-16(30-17(33)5-27-15)31-23(35)12-3-14(12)25/h4-9,11-12,14H,3H2,1-2H3,(H,29,32)(H,31,35). The largest absolute Gasteiger partial charge is 0.330 e. The Balaban J connectivity index is 1.42. The van der Waals surface area contributed by atoms with E-state index in [2.05, 4.69) is 30.5 Å². The summed E-state index contributed by atoms with van der Waals surface area (Å²) in [4.78, 5) is 25.0. The summed E-state index contributed by atoms with van der Waals surface area (Å²) in [5.41, 5.74) is 2.92. The molecule has 2 N–H and O–H groups in total. The molecule has 5 aromatic rings. The first-order chi connectivity index (χ1) is 16.8. The quantitative estimate of drug-likeness (QED) is 0.373. The summed E-state index contributed by atoms with van der Waals surface area (Å²) >= 11 is 6.59. The number of aromatic nitrogens is 7. The molecule has 6 rings (SSSR count). The van der Waals surface area contributed by atoms with Gasteiger partial charge in [0.2, 0.25) is 5.91 Å². The van der Waals surface area contributed by atoms with Gasteiger partial charge in [-0.15, -0.1) is 0 Å². The number of nitrogens with zero attached hydrogens (tertiary/aromatic N) is 6. The molecule has 12 heteroatoms. The maximum atomic E-state index is 15.7. The minimum atomic E-state index is -1.10. The first kappa shape index (κ1) is 21.7. The molecule has 4 aromatic heterocycles. The van der Waals surface area contributed by atoms with Crippen molar-refractivity contribution >= 4 is 39.9 Å². The van der Waals surface area contributed by atoms with Crippen molar-refractivity contribution in [3.63, 3.8) is 0 Å². The summed E-state index contributed by atoms with van der Waals surface area (Å²) in [6, 6.07) is -0.392. The van der Waals surface area contributed by atoms with Gasteiger partial charge < -0.3 is 14.3 Å². The number of amides is 1. The smallest absolute Gasteiger partial charge is 0.231 e. The Kier molecular flexibility index (Phi) is 4.85. The number of rotatable bonds is 5. The molecule has 0 spiro atoms. The molecule has 35 heavy (non-hydrogen) atoms. The predicted molar refractivity (Wildman–Crippen MR) is 125 cm³/mol. The van der Waals surface area contributed by atoms with Crippen molar-refractivity contribution in [1.29, 1.82) is 0 Å². The van der Waals surface area contributed by atoms with E-state index in [1.54, 1.807) is 29.3 Å². The van der Waals surface area contributed by atoms with Crippen LogP contribution < -0.4 is 5.32 Å². The minimum absolute atomic E-state index is 0.0826. The second kappa shape index (κ2) is 7.84. The molecule has 1 amide bonds. The summed E-state index contributed by atoms with van der Waals surface area (Å²) in [6.07, 6.45) is 8.90. The van der Waals surface area contributed by atoms with Crippen LogP contribution in [0, 0.1) is 18.7 Å². The third kappa shape index (κ3) is 3.54. The van der Waals surface area contributed by atoms with Gasteiger partial charge in [0, 0.05) is 28.9 Å². The van der Waals surface area contributed by atoms with Crippen molar-refractivity contribution in [2.75, 3.05) is 5.32 Å². The van der Waals surface area contributed by atoms with E-state index >= 15 is 4.39 Å². The molecule has 1 aliphatic rings. The second-order valence-electron chi connectivity index (χ2n) is 8.73. The lowest BCUT2D eigenvalue weighted by Crippen LogP contribution is -2.15. The molecular weight excluding hydrogens is 478 g/mol. The summed E-state index contributed by atoms with van der Waals surface area (Å²) in [5.74, 6) is -1.34. The normalized spacial score (nSPS) is 18.3. The molecule has 0 saturated heterocycles. The Morgan fingerprint density at radius 3 is 2.80 bits per heavy atom. The number of carbonyl (C=O) groups is 1. The molecule has 1 aromatic carbocycles. The van der Waals surface area contributed by atoms with E-state index in [1.165, 1.54) is 6.20 Å².